The number of ether oxygens (including phenoxy) is 1. The number of anilines is 2. The number of methoxy groups -OCH3 is 1. The first kappa shape index (κ1) is 14.9. The number of hydrogen-bond donors (Lipinski definition) is 1. The van der Waals surface area contributed by atoms with Crippen LogP contribution in [0.2, 0.25) is 0 Å². The fourth-order valence-electron chi connectivity index (χ4n) is 2.27. The SMILES string of the molecule is COc1ccccc1CN(C)c1ccc(N)c(C(C)=O)c1. The predicted molar refractivity (Wildman–Crippen MR) is 86.0 cm³/mol. The van der Waals surface area contributed by atoms with Crippen LogP contribution in [0.1, 0.15) is 22.8 Å². The highest BCUT2D eigenvalue weighted by molar-refractivity contribution is 6.00. The maximum Gasteiger partial charge on any atom is 0.161 e. The second kappa shape index (κ2) is 6.31. The van der Waals surface area contributed by atoms with Crippen LogP contribution in [0.25, 0.3) is 0 Å². The highest BCUT2D eigenvalue weighted by Gasteiger charge is 2.10. The van der Waals surface area contributed by atoms with E-state index in [1.807, 2.05) is 43.4 Å². The Bertz CT molecular complexity index is 653. The van der Waals surface area contributed by atoms with Crippen molar-refractivity contribution in [1.29, 1.82) is 0 Å². The van der Waals surface area contributed by atoms with Gasteiger partial charge in [-0.05, 0) is 31.2 Å². The molecule has 0 saturated heterocycles. The van der Waals surface area contributed by atoms with Gasteiger partial charge in [-0.15, -0.1) is 0 Å². The molecule has 0 heterocycles. The number of para-hydroxylation sites is 1. The van der Waals surface area contributed by atoms with Crippen LogP contribution < -0.4 is 15.4 Å². The van der Waals surface area contributed by atoms with Gasteiger partial charge >= 0.3 is 0 Å². The monoisotopic (exact) mass is 284 g/mol. The van der Waals surface area contributed by atoms with Crippen molar-refractivity contribution in [3.8, 4) is 5.75 Å². The summed E-state index contributed by atoms with van der Waals surface area (Å²) in [5.74, 6) is 0.826. The summed E-state index contributed by atoms with van der Waals surface area (Å²) in [4.78, 5) is 13.6. The van der Waals surface area contributed by atoms with Crippen molar-refractivity contribution in [2.24, 2.45) is 0 Å². The molecule has 0 radical (unpaired) electrons. The van der Waals surface area contributed by atoms with E-state index in [4.69, 9.17) is 10.5 Å². The standard InChI is InChI=1S/C17H20N2O2/c1-12(20)15-10-14(8-9-16(15)18)19(2)11-13-6-4-5-7-17(13)21-3/h4-10H,11,18H2,1-3H3. The Balaban J connectivity index is 2.26. The van der Waals surface area contributed by atoms with Crippen molar-refractivity contribution in [3.05, 3.63) is 53.6 Å². The minimum Gasteiger partial charge on any atom is -0.496 e. The molecule has 2 aromatic carbocycles. The van der Waals surface area contributed by atoms with Gasteiger partial charge < -0.3 is 15.4 Å². The summed E-state index contributed by atoms with van der Waals surface area (Å²) in [7, 11) is 3.64. The predicted octanol–water partition coefficient (Wildman–Crippen LogP) is 3.12. The van der Waals surface area contributed by atoms with Gasteiger partial charge in [-0.2, -0.15) is 0 Å². The van der Waals surface area contributed by atoms with Crippen LogP contribution in [-0.2, 0) is 6.54 Å². The zero-order chi connectivity index (χ0) is 15.4. The first-order valence-corrected chi connectivity index (χ1v) is 6.76. The van der Waals surface area contributed by atoms with Crippen LogP contribution in [0.15, 0.2) is 42.5 Å². The Morgan fingerprint density at radius 1 is 1.24 bits per heavy atom. The molecule has 110 valence electrons. The molecule has 0 aliphatic heterocycles. The molecule has 0 saturated carbocycles. The number of nitrogens with zero attached hydrogens (tertiary/aromatic N) is 1. The molecule has 0 spiro atoms. The second-order valence-corrected chi connectivity index (χ2v) is 5.00. The minimum atomic E-state index is -0.0277. The van der Waals surface area contributed by atoms with Crippen molar-refractivity contribution in [2.45, 2.75) is 13.5 Å². The third kappa shape index (κ3) is 3.34. The van der Waals surface area contributed by atoms with E-state index in [0.717, 1.165) is 17.0 Å². The summed E-state index contributed by atoms with van der Waals surface area (Å²) in [5, 5.41) is 0. The molecular weight excluding hydrogens is 264 g/mol. The maximum absolute atomic E-state index is 11.6. The Morgan fingerprint density at radius 3 is 2.62 bits per heavy atom. The number of carbonyl (C=O) groups is 1. The van der Waals surface area contributed by atoms with E-state index in [1.165, 1.54) is 6.92 Å². The minimum absolute atomic E-state index is 0.0277. The van der Waals surface area contributed by atoms with Crippen LogP contribution in [-0.4, -0.2) is 19.9 Å². The normalized spacial score (nSPS) is 10.2. The van der Waals surface area contributed by atoms with E-state index < -0.39 is 0 Å². The van der Waals surface area contributed by atoms with Crippen LogP contribution >= 0.6 is 0 Å². The molecule has 2 rings (SSSR count). The molecular formula is C17H20N2O2. The van der Waals surface area contributed by atoms with Crippen molar-refractivity contribution >= 4 is 17.2 Å². The van der Waals surface area contributed by atoms with Gasteiger partial charge in [0.25, 0.3) is 0 Å². The topological polar surface area (TPSA) is 55.6 Å². The number of benzene rings is 2. The lowest BCUT2D eigenvalue weighted by atomic mass is 10.1. The number of carbonyl (C=O) groups excluding carboxylic acids is 1. The molecule has 4 nitrogen and oxygen atoms in total. The first-order chi connectivity index (χ1) is 10.0. The van der Waals surface area contributed by atoms with E-state index in [0.29, 0.717) is 17.8 Å². The average molecular weight is 284 g/mol. The Labute approximate surface area is 125 Å². The van der Waals surface area contributed by atoms with E-state index in [1.54, 1.807) is 13.2 Å². The first-order valence-electron chi connectivity index (χ1n) is 6.76. The molecule has 0 amide bonds. The molecule has 0 bridgehead atoms. The van der Waals surface area contributed by atoms with Crippen LogP contribution in [0, 0.1) is 0 Å². The molecule has 0 aliphatic rings. The lowest BCUT2D eigenvalue weighted by molar-refractivity contribution is 0.101. The summed E-state index contributed by atoms with van der Waals surface area (Å²) >= 11 is 0. The number of Topliss-reactive ketones (excluding diaryl/α,β-unsaturated/α-hetero) is 1. The Kier molecular flexibility index (Phi) is 4.48. The fourth-order valence-corrected chi connectivity index (χ4v) is 2.27. The van der Waals surface area contributed by atoms with Gasteiger partial charge in [0.15, 0.2) is 5.78 Å². The van der Waals surface area contributed by atoms with Crippen LogP contribution in [0.3, 0.4) is 0 Å². The molecule has 2 N–H and O–H groups in total. The molecule has 0 unspecified atom stereocenters. The largest absolute Gasteiger partial charge is 0.496 e. The van der Waals surface area contributed by atoms with Gasteiger partial charge in [-0.1, -0.05) is 18.2 Å². The van der Waals surface area contributed by atoms with Gasteiger partial charge in [0.2, 0.25) is 0 Å². The second-order valence-electron chi connectivity index (χ2n) is 5.00. The number of nitrogens with two attached hydrogens (primary N) is 1. The van der Waals surface area contributed by atoms with Gasteiger partial charge in [0.05, 0.1) is 7.11 Å². The molecule has 2 aromatic rings. The summed E-state index contributed by atoms with van der Waals surface area (Å²) in [5.41, 5.74) is 8.93. The van der Waals surface area contributed by atoms with Crippen LogP contribution in [0.5, 0.6) is 5.75 Å². The van der Waals surface area contributed by atoms with Crippen LogP contribution in [0.4, 0.5) is 11.4 Å². The zero-order valence-corrected chi connectivity index (χ0v) is 12.6. The third-order valence-electron chi connectivity index (χ3n) is 3.46. The number of rotatable bonds is 5. The zero-order valence-electron chi connectivity index (χ0n) is 12.6. The molecule has 0 aliphatic carbocycles. The highest BCUT2D eigenvalue weighted by atomic mass is 16.5. The average Bonchev–Trinajstić information content (AvgIpc) is 2.47. The van der Waals surface area contributed by atoms with Gasteiger partial charge in [0.1, 0.15) is 5.75 Å². The highest BCUT2D eigenvalue weighted by Crippen LogP contribution is 2.25. The number of ketones is 1. The molecule has 0 fully saturated rings. The lowest BCUT2D eigenvalue weighted by Gasteiger charge is -2.21. The fraction of sp³-hybridized carbons (Fsp3) is 0.235. The van der Waals surface area contributed by atoms with Gasteiger partial charge in [-0.3, -0.25) is 4.79 Å². The Morgan fingerprint density at radius 2 is 1.95 bits per heavy atom. The smallest absolute Gasteiger partial charge is 0.161 e. The van der Waals surface area contributed by atoms with Crippen molar-refractivity contribution in [3.63, 3.8) is 0 Å². The van der Waals surface area contributed by atoms with Crippen molar-refractivity contribution in [2.75, 3.05) is 24.8 Å². The van der Waals surface area contributed by atoms with E-state index >= 15 is 0 Å². The van der Waals surface area contributed by atoms with Crippen molar-refractivity contribution < 1.29 is 9.53 Å². The molecule has 0 atom stereocenters. The molecule has 4 heteroatoms. The van der Waals surface area contributed by atoms with Gasteiger partial charge in [-0.25, -0.2) is 0 Å². The quantitative estimate of drug-likeness (QED) is 0.677. The maximum atomic E-state index is 11.6. The van der Waals surface area contributed by atoms with E-state index in [9.17, 15) is 4.79 Å². The third-order valence-corrected chi connectivity index (χ3v) is 3.46. The Hall–Kier alpha value is -2.49. The van der Waals surface area contributed by atoms with Crippen molar-refractivity contribution in [1.82, 2.24) is 0 Å². The van der Waals surface area contributed by atoms with E-state index in [2.05, 4.69) is 4.90 Å². The summed E-state index contributed by atoms with van der Waals surface area (Å²) < 4.78 is 5.36. The number of hydrogen-bond acceptors (Lipinski definition) is 4. The number of nitrogen functional groups attached to an aromatic ring is 1. The summed E-state index contributed by atoms with van der Waals surface area (Å²) in [6.07, 6.45) is 0. The van der Waals surface area contributed by atoms with E-state index in [-0.39, 0.29) is 5.78 Å². The lowest BCUT2D eigenvalue weighted by Crippen LogP contribution is -2.17. The molecule has 21 heavy (non-hydrogen) atoms. The van der Waals surface area contributed by atoms with Gasteiger partial charge in [0, 0.05) is 36.1 Å². The summed E-state index contributed by atoms with van der Waals surface area (Å²) in [6, 6.07) is 13.4. The molecule has 0 aromatic heterocycles. The summed E-state index contributed by atoms with van der Waals surface area (Å²) in [6.45, 7) is 2.21.